The number of carbonyl (C=O) groups is 1. The van der Waals surface area contributed by atoms with Gasteiger partial charge in [-0.25, -0.2) is 13.8 Å². The fourth-order valence-electron chi connectivity index (χ4n) is 2.26. The van der Waals surface area contributed by atoms with Crippen LogP contribution in [0.3, 0.4) is 0 Å². The van der Waals surface area contributed by atoms with Crippen molar-refractivity contribution in [3.05, 3.63) is 47.0 Å². The number of hydrogen-bond donors (Lipinski definition) is 2. The molecule has 0 unspecified atom stereocenters. The van der Waals surface area contributed by atoms with Gasteiger partial charge in [-0.2, -0.15) is 0 Å². The molecule has 0 bridgehead atoms. The van der Waals surface area contributed by atoms with Crippen LogP contribution in [-0.4, -0.2) is 16.0 Å². The van der Waals surface area contributed by atoms with Gasteiger partial charge in [0.25, 0.3) is 0 Å². The van der Waals surface area contributed by atoms with Crippen molar-refractivity contribution < 1.29 is 18.0 Å². The molecule has 0 radical (unpaired) electrons. The highest BCUT2D eigenvalue weighted by atomic mass is 35.5. The van der Waals surface area contributed by atoms with Crippen LogP contribution in [0.5, 0.6) is 0 Å². The predicted molar refractivity (Wildman–Crippen MR) is 108 cm³/mol. The molecule has 1 heterocycles. The minimum atomic E-state index is -1.05. The van der Waals surface area contributed by atoms with E-state index in [0.29, 0.717) is 16.8 Å². The molecular weight excluding hydrogens is 408 g/mol. The van der Waals surface area contributed by atoms with Crippen molar-refractivity contribution >= 4 is 51.6 Å². The molecule has 28 heavy (non-hydrogen) atoms. The predicted octanol–water partition coefficient (Wildman–Crippen LogP) is 5.29. The fraction of sp³-hybridized carbons (Fsp3) is 0.211. The molecule has 9 heteroatoms. The zero-order valence-electron chi connectivity index (χ0n) is 15.2. The smallest absolute Gasteiger partial charge is 0.231 e. The van der Waals surface area contributed by atoms with Crippen LogP contribution in [0.1, 0.15) is 20.8 Å². The van der Waals surface area contributed by atoms with Crippen molar-refractivity contribution in [2.24, 2.45) is 5.41 Å². The first-order valence-electron chi connectivity index (χ1n) is 8.22. The third-order valence-electron chi connectivity index (χ3n) is 3.79. The first-order valence-corrected chi connectivity index (χ1v) is 9.01. The van der Waals surface area contributed by atoms with Gasteiger partial charge >= 0.3 is 0 Å². The number of oxazole rings is 1. The van der Waals surface area contributed by atoms with E-state index in [1.165, 1.54) is 0 Å². The van der Waals surface area contributed by atoms with Crippen LogP contribution in [0.25, 0.3) is 22.6 Å². The van der Waals surface area contributed by atoms with Gasteiger partial charge in [-0.05, 0) is 42.5 Å². The highest BCUT2D eigenvalue weighted by Gasteiger charge is 2.22. The van der Waals surface area contributed by atoms with Crippen molar-refractivity contribution in [3.8, 4) is 11.5 Å². The Labute approximate surface area is 170 Å². The summed E-state index contributed by atoms with van der Waals surface area (Å²) < 4.78 is 32.4. The van der Waals surface area contributed by atoms with Gasteiger partial charge < -0.3 is 15.1 Å². The third-order valence-corrected chi connectivity index (χ3v) is 4.31. The maximum absolute atomic E-state index is 13.5. The highest BCUT2D eigenvalue weighted by Crippen LogP contribution is 2.32. The van der Waals surface area contributed by atoms with Gasteiger partial charge in [0.15, 0.2) is 22.3 Å². The van der Waals surface area contributed by atoms with Gasteiger partial charge in [-0.3, -0.25) is 4.79 Å². The molecule has 0 aliphatic rings. The Morgan fingerprint density at radius 3 is 2.54 bits per heavy atom. The van der Waals surface area contributed by atoms with E-state index in [1.54, 1.807) is 39.0 Å². The second-order valence-corrected chi connectivity index (χ2v) is 7.92. The molecule has 0 saturated heterocycles. The van der Waals surface area contributed by atoms with Crippen LogP contribution in [0, 0.1) is 17.0 Å². The monoisotopic (exact) mass is 423 g/mol. The van der Waals surface area contributed by atoms with Crippen LogP contribution in [0.2, 0.25) is 5.02 Å². The number of aromatic nitrogens is 1. The number of fused-ring (bicyclic) bond motifs is 1. The molecule has 0 aliphatic heterocycles. The lowest BCUT2D eigenvalue weighted by Gasteiger charge is -2.18. The SMILES string of the molecule is CC(C)(C)C(=O)NC(=S)Nc1ccc2oc(-c3cc(F)c(F)cc3Cl)nc2c1. The molecular formula is C19H16ClF2N3O2S. The molecule has 5 nitrogen and oxygen atoms in total. The fourth-order valence-corrected chi connectivity index (χ4v) is 2.70. The van der Waals surface area contributed by atoms with Crippen molar-refractivity contribution in [1.82, 2.24) is 10.3 Å². The van der Waals surface area contributed by atoms with Crippen molar-refractivity contribution in [3.63, 3.8) is 0 Å². The number of rotatable bonds is 2. The summed E-state index contributed by atoms with van der Waals surface area (Å²) in [6.07, 6.45) is 0. The average Bonchev–Trinajstić information content (AvgIpc) is 3.00. The lowest BCUT2D eigenvalue weighted by molar-refractivity contribution is -0.126. The number of halogens is 3. The standard InChI is InChI=1S/C19H16ClF2N3O2S/c1-19(2,3)17(26)25-18(28)23-9-4-5-15-14(6-9)24-16(27-15)10-7-12(21)13(22)8-11(10)20/h4-8H,1-3H3,(H2,23,25,26,28). The number of benzene rings is 2. The van der Waals surface area contributed by atoms with E-state index in [1.807, 2.05) is 0 Å². The maximum atomic E-state index is 13.5. The Morgan fingerprint density at radius 1 is 1.18 bits per heavy atom. The number of carbonyl (C=O) groups excluding carboxylic acids is 1. The average molecular weight is 424 g/mol. The summed E-state index contributed by atoms with van der Waals surface area (Å²) in [5.74, 6) is -2.27. The van der Waals surface area contributed by atoms with Crippen LogP contribution >= 0.6 is 23.8 Å². The van der Waals surface area contributed by atoms with Gasteiger partial charge in [-0.15, -0.1) is 0 Å². The molecule has 2 N–H and O–H groups in total. The summed E-state index contributed by atoms with van der Waals surface area (Å²) in [5.41, 5.74) is 0.999. The summed E-state index contributed by atoms with van der Waals surface area (Å²) in [5, 5.41) is 5.63. The molecule has 0 atom stereocenters. The molecule has 0 saturated carbocycles. The summed E-state index contributed by atoms with van der Waals surface area (Å²) in [7, 11) is 0. The van der Waals surface area contributed by atoms with E-state index in [4.69, 9.17) is 28.2 Å². The van der Waals surface area contributed by atoms with Gasteiger partial charge in [0, 0.05) is 11.1 Å². The van der Waals surface area contributed by atoms with Crippen LogP contribution in [0.15, 0.2) is 34.7 Å². The lowest BCUT2D eigenvalue weighted by atomic mass is 9.96. The summed E-state index contributed by atoms with van der Waals surface area (Å²) >= 11 is 11.1. The number of nitrogens with one attached hydrogen (secondary N) is 2. The van der Waals surface area contributed by atoms with Crippen LogP contribution in [-0.2, 0) is 4.79 Å². The van der Waals surface area contributed by atoms with E-state index in [2.05, 4.69) is 15.6 Å². The van der Waals surface area contributed by atoms with Crippen molar-refractivity contribution in [2.45, 2.75) is 20.8 Å². The van der Waals surface area contributed by atoms with E-state index < -0.39 is 17.0 Å². The first kappa shape index (κ1) is 20.2. The zero-order chi connectivity index (χ0) is 20.6. The first-order chi connectivity index (χ1) is 13.0. The van der Waals surface area contributed by atoms with Crippen molar-refractivity contribution in [2.75, 3.05) is 5.32 Å². The van der Waals surface area contributed by atoms with Crippen LogP contribution in [0.4, 0.5) is 14.5 Å². The molecule has 3 rings (SSSR count). The summed E-state index contributed by atoms with van der Waals surface area (Å²) in [4.78, 5) is 16.3. The summed E-state index contributed by atoms with van der Waals surface area (Å²) in [6, 6.07) is 6.75. The normalized spacial score (nSPS) is 11.5. The van der Waals surface area contributed by atoms with E-state index in [9.17, 15) is 13.6 Å². The van der Waals surface area contributed by atoms with Crippen LogP contribution < -0.4 is 10.6 Å². The van der Waals surface area contributed by atoms with Gasteiger partial charge in [0.1, 0.15) is 5.52 Å². The van der Waals surface area contributed by atoms with E-state index >= 15 is 0 Å². The topological polar surface area (TPSA) is 67.2 Å². The minimum Gasteiger partial charge on any atom is -0.436 e. The highest BCUT2D eigenvalue weighted by molar-refractivity contribution is 7.80. The molecule has 1 aromatic heterocycles. The Balaban J connectivity index is 1.85. The number of hydrogen-bond acceptors (Lipinski definition) is 4. The van der Waals surface area contributed by atoms with E-state index in [0.717, 1.165) is 12.1 Å². The lowest BCUT2D eigenvalue weighted by Crippen LogP contribution is -2.41. The van der Waals surface area contributed by atoms with Gasteiger partial charge in [0.2, 0.25) is 11.8 Å². The largest absolute Gasteiger partial charge is 0.436 e. The Bertz CT molecular complexity index is 1090. The number of amides is 1. The molecule has 146 valence electrons. The zero-order valence-corrected chi connectivity index (χ0v) is 16.8. The van der Waals surface area contributed by atoms with Crippen molar-refractivity contribution in [1.29, 1.82) is 0 Å². The molecule has 0 spiro atoms. The molecule has 3 aromatic rings. The molecule has 0 aliphatic carbocycles. The number of thiocarbonyl (C=S) groups is 1. The Hall–Kier alpha value is -2.58. The van der Waals surface area contributed by atoms with Gasteiger partial charge in [-0.1, -0.05) is 32.4 Å². The molecule has 2 aromatic carbocycles. The maximum Gasteiger partial charge on any atom is 0.231 e. The number of nitrogens with zero attached hydrogens (tertiary/aromatic N) is 1. The third kappa shape index (κ3) is 4.28. The van der Waals surface area contributed by atoms with E-state index in [-0.39, 0.29) is 27.5 Å². The second-order valence-electron chi connectivity index (χ2n) is 7.11. The quantitative estimate of drug-likeness (QED) is 0.433. The number of anilines is 1. The summed E-state index contributed by atoms with van der Waals surface area (Å²) in [6.45, 7) is 5.33. The Kier molecular flexibility index (Phi) is 5.36. The molecule has 0 fully saturated rings. The van der Waals surface area contributed by atoms with Gasteiger partial charge in [0.05, 0.1) is 10.6 Å². The molecule has 1 amide bonds. The second kappa shape index (κ2) is 7.44. The minimum absolute atomic E-state index is 0.0186. The Morgan fingerprint density at radius 2 is 1.86 bits per heavy atom.